The maximum absolute atomic E-state index is 12.8. The topological polar surface area (TPSA) is 49.6 Å². The molecule has 0 bridgehead atoms. The van der Waals surface area contributed by atoms with E-state index in [9.17, 15) is 4.79 Å². The molecular weight excluding hydrogens is 348 g/mol. The van der Waals surface area contributed by atoms with Gasteiger partial charge in [-0.2, -0.15) is 0 Å². The lowest BCUT2D eigenvalue weighted by Gasteiger charge is -2.31. The second kappa shape index (κ2) is 8.57. The van der Waals surface area contributed by atoms with Gasteiger partial charge in [0.1, 0.15) is 5.65 Å². The number of fused-ring (bicyclic) bond motifs is 1. The minimum atomic E-state index is -0.0380. The molecule has 0 saturated carbocycles. The number of imidazole rings is 1. The molecule has 1 saturated heterocycles. The van der Waals surface area contributed by atoms with Gasteiger partial charge in [-0.1, -0.05) is 43.2 Å². The number of hydrogen-bond donors (Lipinski definition) is 1. The molecule has 0 radical (unpaired) electrons. The number of amides is 1. The van der Waals surface area contributed by atoms with E-state index in [0.29, 0.717) is 12.1 Å². The predicted octanol–water partition coefficient (Wildman–Crippen LogP) is 3.99. The summed E-state index contributed by atoms with van der Waals surface area (Å²) in [4.78, 5) is 19.8. The Balaban J connectivity index is 1.50. The third-order valence-corrected chi connectivity index (χ3v) is 5.56. The van der Waals surface area contributed by atoms with Gasteiger partial charge in [-0.05, 0) is 50.6 Å². The fourth-order valence-corrected chi connectivity index (χ4v) is 4.08. The number of carbonyl (C=O) groups is 1. The van der Waals surface area contributed by atoms with Crippen LogP contribution in [-0.2, 0) is 0 Å². The van der Waals surface area contributed by atoms with Gasteiger partial charge in [-0.3, -0.25) is 9.69 Å². The highest BCUT2D eigenvalue weighted by atomic mass is 16.1. The molecule has 1 amide bonds. The summed E-state index contributed by atoms with van der Waals surface area (Å²) in [6.45, 7) is 4.76. The number of hydrogen-bond acceptors (Lipinski definition) is 3. The number of benzene rings is 1. The number of nitrogens with zero attached hydrogens (tertiary/aromatic N) is 3. The first-order valence-corrected chi connectivity index (χ1v) is 10.2. The van der Waals surface area contributed by atoms with Crippen LogP contribution < -0.4 is 5.32 Å². The van der Waals surface area contributed by atoms with Crippen molar-refractivity contribution in [3.63, 3.8) is 0 Å². The van der Waals surface area contributed by atoms with Crippen LogP contribution in [0.3, 0.4) is 0 Å². The molecule has 1 N–H and O–H groups in total. The van der Waals surface area contributed by atoms with Gasteiger partial charge in [0.15, 0.2) is 0 Å². The van der Waals surface area contributed by atoms with E-state index in [-0.39, 0.29) is 11.9 Å². The summed E-state index contributed by atoms with van der Waals surface area (Å²) < 4.78 is 1.91. The zero-order valence-corrected chi connectivity index (χ0v) is 16.5. The van der Waals surface area contributed by atoms with Crippen molar-refractivity contribution in [2.75, 3.05) is 19.6 Å². The Hall–Kier alpha value is -2.66. The Morgan fingerprint density at radius 2 is 1.79 bits per heavy atom. The smallest absolute Gasteiger partial charge is 0.252 e. The molecule has 5 heteroatoms. The second-order valence-corrected chi connectivity index (χ2v) is 7.65. The van der Waals surface area contributed by atoms with Gasteiger partial charge in [0.05, 0.1) is 17.3 Å². The number of likely N-dealkylation sites (tertiary alicyclic amines) is 1. The van der Waals surface area contributed by atoms with E-state index >= 15 is 0 Å². The quantitative estimate of drug-likeness (QED) is 0.732. The third kappa shape index (κ3) is 4.25. The Bertz CT molecular complexity index is 926. The standard InChI is InChI=1S/C23H28N4O/c1-18-16-27-17-20(11-12-22(27)25-18)23(28)24-15-21(19-9-5-4-6-10-19)26-13-7-2-3-8-14-26/h4-6,9-12,16-17,21H,2-3,7-8,13-15H2,1H3,(H,24,28)/t21-/m0/s1. The Morgan fingerprint density at radius 3 is 2.54 bits per heavy atom. The van der Waals surface area contributed by atoms with Crippen molar-refractivity contribution in [2.45, 2.75) is 38.6 Å². The molecule has 3 aromatic rings. The maximum atomic E-state index is 12.8. The zero-order chi connectivity index (χ0) is 19.3. The highest BCUT2D eigenvalue weighted by molar-refractivity contribution is 5.94. The van der Waals surface area contributed by atoms with Crippen LogP contribution in [0, 0.1) is 6.92 Å². The van der Waals surface area contributed by atoms with Gasteiger partial charge >= 0.3 is 0 Å². The van der Waals surface area contributed by atoms with Crippen LogP contribution in [0.4, 0.5) is 0 Å². The van der Waals surface area contributed by atoms with Gasteiger partial charge in [-0.25, -0.2) is 4.98 Å². The molecule has 1 fully saturated rings. The average molecular weight is 377 g/mol. The first-order chi connectivity index (χ1) is 13.7. The predicted molar refractivity (Wildman–Crippen MR) is 111 cm³/mol. The minimum absolute atomic E-state index is 0.0380. The van der Waals surface area contributed by atoms with Crippen LogP contribution in [0.1, 0.15) is 53.3 Å². The Morgan fingerprint density at radius 1 is 1.04 bits per heavy atom. The molecule has 2 aromatic heterocycles. The molecule has 4 rings (SSSR count). The van der Waals surface area contributed by atoms with Crippen LogP contribution in [0.25, 0.3) is 5.65 Å². The van der Waals surface area contributed by atoms with E-state index in [1.807, 2.05) is 41.9 Å². The zero-order valence-electron chi connectivity index (χ0n) is 16.5. The normalized spacial score (nSPS) is 16.6. The monoisotopic (exact) mass is 376 g/mol. The van der Waals surface area contributed by atoms with E-state index in [0.717, 1.165) is 24.4 Å². The highest BCUT2D eigenvalue weighted by Crippen LogP contribution is 2.24. The van der Waals surface area contributed by atoms with Crippen LogP contribution in [0.5, 0.6) is 0 Å². The fourth-order valence-electron chi connectivity index (χ4n) is 4.08. The number of aryl methyl sites for hydroxylation is 1. The van der Waals surface area contributed by atoms with Gasteiger partial charge in [-0.15, -0.1) is 0 Å². The molecule has 1 aromatic carbocycles. The van der Waals surface area contributed by atoms with Crippen molar-refractivity contribution in [1.82, 2.24) is 19.6 Å². The number of aromatic nitrogens is 2. The molecule has 1 atom stereocenters. The molecule has 0 spiro atoms. The first kappa shape index (κ1) is 18.7. The largest absolute Gasteiger partial charge is 0.350 e. The van der Waals surface area contributed by atoms with Crippen LogP contribution >= 0.6 is 0 Å². The molecule has 0 unspecified atom stereocenters. The summed E-state index contributed by atoms with van der Waals surface area (Å²) in [7, 11) is 0. The summed E-state index contributed by atoms with van der Waals surface area (Å²) >= 11 is 0. The van der Waals surface area contributed by atoms with Crippen molar-refractivity contribution >= 4 is 11.6 Å². The lowest BCUT2D eigenvalue weighted by molar-refractivity contribution is 0.0932. The first-order valence-electron chi connectivity index (χ1n) is 10.2. The van der Waals surface area contributed by atoms with E-state index in [1.165, 1.54) is 31.2 Å². The van der Waals surface area contributed by atoms with Gasteiger partial charge < -0.3 is 9.72 Å². The van der Waals surface area contributed by atoms with Gasteiger partial charge in [0.25, 0.3) is 5.91 Å². The molecule has 5 nitrogen and oxygen atoms in total. The number of nitrogens with one attached hydrogen (secondary N) is 1. The van der Waals surface area contributed by atoms with Crippen molar-refractivity contribution in [1.29, 1.82) is 0 Å². The van der Waals surface area contributed by atoms with E-state index in [1.54, 1.807) is 0 Å². The van der Waals surface area contributed by atoms with Crippen molar-refractivity contribution in [2.24, 2.45) is 0 Å². The van der Waals surface area contributed by atoms with E-state index in [2.05, 4.69) is 39.5 Å². The van der Waals surface area contributed by atoms with Gasteiger partial charge in [0, 0.05) is 18.9 Å². The third-order valence-electron chi connectivity index (χ3n) is 5.56. The van der Waals surface area contributed by atoms with E-state index in [4.69, 9.17) is 0 Å². The molecule has 0 aliphatic carbocycles. The summed E-state index contributed by atoms with van der Waals surface area (Å²) in [6, 6.07) is 14.5. The van der Waals surface area contributed by atoms with Crippen molar-refractivity contribution < 1.29 is 4.79 Å². The summed E-state index contributed by atoms with van der Waals surface area (Å²) in [6.07, 6.45) is 8.86. The molecular formula is C23H28N4O. The molecule has 1 aliphatic rings. The maximum Gasteiger partial charge on any atom is 0.252 e. The van der Waals surface area contributed by atoms with Gasteiger partial charge in [0.2, 0.25) is 0 Å². The Labute approximate surface area is 166 Å². The molecule has 146 valence electrons. The molecule has 28 heavy (non-hydrogen) atoms. The average Bonchev–Trinajstić information content (AvgIpc) is 2.90. The van der Waals surface area contributed by atoms with Crippen molar-refractivity contribution in [3.05, 3.63) is 71.7 Å². The Kier molecular flexibility index (Phi) is 5.72. The van der Waals surface area contributed by atoms with Crippen LogP contribution in [0.15, 0.2) is 54.9 Å². The minimum Gasteiger partial charge on any atom is -0.350 e. The lowest BCUT2D eigenvalue weighted by Crippen LogP contribution is -2.38. The van der Waals surface area contributed by atoms with Crippen LogP contribution in [-0.4, -0.2) is 39.8 Å². The highest BCUT2D eigenvalue weighted by Gasteiger charge is 2.22. The number of carbonyl (C=O) groups excluding carboxylic acids is 1. The molecule has 3 heterocycles. The molecule has 1 aliphatic heterocycles. The summed E-state index contributed by atoms with van der Waals surface area (Å²) in [5.74, 6) is -0.0380. The lowest BCUT2D eigenvalue weighted by atomic mass is 10.0. The number of rotatable bonds is 5. The summed E-state index contributed by atoms with van der Waals surface area (Å²) in [5, 5.41) is 3.17. The second-order valence-electron chi connectivity index (χ2n) is 7.65. The van der Waals surface area contributed by atoms with Crippen molar-refractivity contribution in [3.8, 4) is 0 Å². The van der Waals surface area contributed by atoms with Crippen LogP contribution in [0.2, 0.25) is 0 Å². The van der Waals surface area contributed by atoms with E-state index < -0.39 is 0 Å². The summed E-state index contributed by atoms with van der Waals surface area (Å²) in [5.41, 5.74) is 3.74. The number of pyridine rings is 1. The fraction of sp³-hybridized carbons (Fsp3) is 0.391. The SMILES string of the molecule is Cc1cn2cc(C(=O)NC[C@@H](c3ccccc3)N3CCCCCC3)ccc2n1.